The molecule has 2 aromatic heterocycles. The molecule has 33 heavy (non-hydrogen) atoms. The molecule has 8 nitrogen and oxygen atoms in total. The summed E-state index contributed by atoms with van der Waals surface area (Å²) in [5, 5.41) is 13.1. The Morgan fingerprint density at radius 2 is 1.91 bits per heavy atom. The van der Waals surface area contributed by atoms with Crippen LogP contribution in [0.4, 0.5) is 10.2 Å². The number of likely N-dealkylation sites (tertiary alicyclic amines) is 1. The van der Waals surface area contributed by atoms with E-state index in [1.165, 1.54) is 16.9 Å². The van der Waals surface area contributed by atoms with Crippen LogP contribution in [-0.2, 0) is 7.05 Å². The first-order valence-electron chi connectivity index (χ1n) is 11.0. The van der Waals surface area contributed by atoms with Crippen LogP contribution in [-0.4, -0.2) is 54.9 Å². The fourth-order valence-corrected chi connectivity index (χ4v) is 4.33. The van der Waals surface area contributed by atoms with Gasteiger partial charge in [-0.05, 0) is 55.7 Å². The van der Waals surface area contributed by atoms with E-state index in [0.29, 0.717) is 24.3 Å². The second-order valence-corrected chi connectivity index (χ2v) is 8.16. The van der Waals surface area contributed by atoms with E-state index in [0.717, 1.165) is 36.0 Å². The summed E-state index contributed by atoms with van der Waals surface area (Å²) in [6.45, 7) is 1.22. The average Bonchev–Trinajstić information content (AvgIpc) is 3.24. The molecular formula is C24H24FN7O. The maximum Gasteiger partial charge on any atom is 0.277 e. The molecule has 1 aliphatic heterocycles. The number of piperidine rings is 1. The third-order valence-corrected chi connectivity index (χ3v) is 5.97. The lowest BCUT2D eigenvalue weighted by atomic mass is 10.0. The zero-order chi connectivity index (χ0) is 22.8. The Morgan fingerprint density at radius 1 is 1.09 bits per heavy atom. The fourth-order valence-electron chi connectivity index (χ4n) is 4.33. The zero-order valence-electron chi connectivity index (χ0n) is 18.3. The summed E-state index contributed by atoms with van der Waals surface area (Å²) in [6, 6.07) is 13.8. The van der Waals surface area contributed by atoms with Crippen molar-refractivity contribution in [3.8, 4) is 11.3 Å². The Labute approximate surface area is 190 Å². The van der Waals surface area contributed by atoms with Crippen LogP contribution in [0, 0.1) is 5.82 Å². The molecule has 1 N–H and O–H groups in total. The fraction of sp³-hybridized carbons (Fsp3) is 0.292. The highest BCUT2D eigenvalue weighted by Crippen LogP contribution is 2.26. The minimum atomic E-state index is -0.338. The number of nitrogens with one attached hydrogen (secondary N) is 1. The lowest BCUT2D eigenvalue weighted by Gasteiger charge is -2.35. The van der Waals surface area contributed by atoms with Crippen LogP contribution in [0.2, 0.25) is 0 Å². The highest BCUT2D eigenvalue weighted by molar-refractivity contribution is 5.98. The topological polar surface area (TPSA) is 88.8 Å². The summed E-state index contributed by atoms with van der Waals surface area (Å²) in [6.07, 6.45) is 4.41. The van der Waals surface area contributed by atoms with Gasteiger partial charge in [-0.2, -0.15) is 9.90 Å². The molecule has 1 fully saturated rings. The van der Waals surface area contributed by atoms with Gasteiger partial charge in [0, 0.05) is 37.1 Å². The average molecular weight is 446 g/mol. The number of carbonyl (C=O) groups is 1. The van der Waals surface area contributed by atoms with Crippen molar-refractivity contribution in [2.75, 3.05) is 18.4 Å². The van der Waals surface area contributed by atoms with Gasteiger partial charge in [-0.1, -0.05) is 12.1 Å². The van der Waals surface area contributed by atoms with Crippen molar-refractivity contribution in [1.82, 2.24) is 29.9 Å². The summed E-state index contributed by atoms with van der Waals surface area (Å²) in [5.41, 5.74) is 2.27. The highest BCUT2D eigenvalue weighted by atomic mass is 19.1. The molecule has 1 amide bonds. The lowest BCUT2D eigenvalue weighted by molar-refractivity contribution is 0.0622. The molecule has 1 saturated heterocycles. The van der Waals surface area contributed by atoms with Gasteiger partial charge in [-0.3, -0.25) is 4.79 Å². The molecule has 168 valence electrons. The molecule has 2 aromatic carbocycles. The first kappa shape index (κ1) is 21.0. The number of halogens is 1. The van der Waals surface area contributed by atoms with Crippen LogP contribution in [0.3, 0.4) is 0 Å². The zero-order valence-corrected chi connectivity index (χ0v) is 18.3. The SMILES string of the molecule is Cn1nc(C(=O)N2CCCCC2CNc2ncnc3ccccc23)c(-c2ccc(F)cc2)n1. The summed E-state index contributed by atoms with van der Waals surface area (Å²) in [5.74, 6) is 0.251. The molecule has 0 saturated carbocycles. The molecule has 0 bridgehead atoms. The monoisotopic (exact) mass is 445 g/mol. The number of hydrogen-bond acceptors (Lipinski definition) is 6. The van der Waals surface area contributed by atoms with Gasteiger partial charge in [-0.15, -0.1) is 5.10 Å². The maximum atomic E-state index is 13.6. The molecule has 4 aromatic rings. The van der Waals surface area contributed by atoms with Crippen molar-refractivity contribution in [2.24, 2.45) is 7.05 Å². The first-order valence-corrected chi connectivity index (χ1v) is 11.0. The Balaban J connectivity index is 1.39. The number of fused-ring (bicyclic) bond motifs is 1. The van der Waals surface area contributed by atoms with Crippen molar-refractivity contribution >= 4 is 22.6 Å². The van der Waals surface area contributed by atoms with E-state index in [2.05, 4.69) is 25.5 Å². The third-order valence-electron chi connectivity index (χ3n) is 5.97. The van der Waals surface area contributed by atoms with Gasteiger partial charge < -0.3 is 10.2 Å². The predicted octanol–water partition coefficient (Wildman–Crippen LogP) is 3.67. The number of hydrogen-bond donors (Lipinski definition) is 1. The van der Waals surface area contributed by atoms with Crippen molar-refractivity contribution < 1.29 is 9.18 Å². The molecule has 0 aliphatic carbocycles. The number of benzene rings is 2. The van der Waals surface area contributed by atoms with Crippen molar-refractivity contribution in [1.29, 1.82) is 0 Å². The van der Waals surface area contributed by atoms with E-state index in [9.17, 15) is 9.18 Å². The summed E-state index contributed by atoms with van der Waals surface area (Å²) in [4.78, 5) is 25.6. The largest absolute Gasteiger partial charge is 0.367 e. The Bertz CT molecular complexity index is 1280. The highest BCUT2D eigenvalue weighted by Gasteiger charge is 2.31. The van der Waals surface area contributed by atoms with Gasteiger partial charge in [0.15, 0.2) is 5.69 Å². The minimum Gasteiger partial charge on any atom is -0.367 e. The van der Waals surface area contributed by atoms with Crippen molar-refractivity contribution in [3.63, 3.8) is 0 Å². The Hall–Kier alpha value is -3.88. The number of aryl methyl sites for hydroxylation is 1. The summed E-state index contributed by atoms with van der Waals surface area (Å²) < 4.78 is 13.4. The molecule has 1 atom stereocenters. The molecule has 5 rings (SSSR count). The minimum absolute atomic E-state index is 0.0111. The number of rotatable bonds is 5. The molecule has 3 heterocycles. The van der Waals surface area contributed by atoms with E-state index in [1.54, 1.807) is 25.5 Å². The summed E-state index contributed by atoms with van der Waals surface area (Å²) >= 11 is 0. The molecule has 0 radical (unpaired) electrons. The third kappa shape index (κ3) is 4.26. The van der Waals surface area contributed by atoms with Crippen LogP contribution >= 0.6 is 0 Å². The van der Waals surface area contributed by atoms with Crippen molar-refractivity contribution in [2.45, 2.75) is 25.3 Å². The number of para-hydroxylation sites is 1. The van der Waals surface area contributed by atoms with E-state index >= 15 is 0 Å². The summed E-state index contributed by atoms with van der Waals surface area (Å²) in [7, 11) is 1.68. The van der Waals surface area contributed by atoms with E-state index in [4.69, 9.17) is 0 Å². The van der Waals surface area contributed by atoms with Gasteiger partial charge in [0.2, 0.25) is 0 Å². The molecule has 9 heteroatoms. The van der Waals surface area contributed by atoms with E-state index < -0.39 is 0 Å². The number of carbonyl (C=O) groups excluding carboxylic acids is 1. The van der Waals surface area contributed by atoms with Crippen molar-refractivity contribution in [3.05, 3.63) is 66.4 Å². The van der Waals surface area contributed by atoms with E-state index in [-0.39, 0.29) is 23.5 Å². The molecule has 0 spiro atoms. The maximum absolute atomic E-state index is 13.6. The Morgan fingerprint density at radius 3 is 2.76 bits per heavy atom. The van der Waals surface area contributed by atoms with Crippen LogP contribution in [0.1, 0.15) is 29.8 Å². The molecule has 1 aliphatic rings. The standard InChI is InChI=1S/C24H24FN7O/c1-31-29-21(16-9-11-17(25)12-10-16)22(30-31)24(33)32-13-5-4-6-18(32)14-26-23-19-7-2-3-8-20(19)27-15-28-23/h2-3,7-12,15,18H,4-6,13-14H2,1H3,(H,26,27,28). The normalized spacial score (nSPS) is 16.2. The van der Waals surface area contributed by atoms with Gasteiger partial charge in [0.25, 0.3) is 5.91 Å². The van der Waals surface area contributed by atoms with E-state index in [1.807, 2.05) is 29.2 Å². The van der Waals surface area contributed by atoms with Crippen LogP contribution in [0.25, 0.3) is 22.2 Å². The second-order valence-electron chi connectivity index (χ2n) is 8.16. The van der Waals surface area contributed by atoms with Crippen LogP contribution < -0.4 is 5.32 Å². The van der Waals surface area contributed by atoms with Gasteiger partial charge in [0.05, 0.1) is 5.52 Å². The quantitative estimate of drug-likeness (QED) is 0.504. The smallest absolute Gasteiger partial charge is 0.277 e. The van der Waals surface area contributed by atoms with Crippen LogP contribution in [0.15, 0.2) is 54.9 Å². The lowest BCUT2D eigenvalue weighted by Crippen LogP contribution is -2.47. The number of amides is 1. The molecular weight excluding hydrogens is 421 g/mol. The number of aromatic nitrogens is 5. The van der Waals surface area contributed by atoms with Gasteiger partial charge in [-0.25, -0.2) is 14.4 Å². The van der Waals surface area contributed by atoms with Gasteiger partial charge in [0.1, 0.15) is 23.7 Å². The first-order chi connectivity index (χ1) is 16.1. The molecule has 1 unspecified atom stereocenters. The number of anilines is 1. The predicted molar refractivity (Wildman–Crippen MR) is 123 cm³/mol. The number of nitrogens with zero attached hydrogens (tertiary/aromatic N) is 6. The second kappa shape index (κ2) is 8.93. The van der Waals surface area contributed by atoms with Gasteiger partial charge >= 0.3 is 0 Å². The Kier molecular flexibility index (Phi) is 5.68. The van der Waals surface area contributed by atoms with Crippen LogP contribution in [0.5, 0.6) is 0 Å².